The van der Waals surface area contributed by atoms with Crippen LogP contribution in [-0.4, -0.2) is 34.6 Å². The summed E-state index contributed by atoms with van der Waals surface area (Å²) < 4.78 is 14.9. The van der Waals surface area contributed by atoms with Crippen molar-refractivity contribution in [3.05, 3.63) is 48.0 Å². The Bertz CT molecular complexity index is 652. The van der Waals surface area contributed by atoms with Crippen molar-refractivity contribution in [1.29, 1.82) is 0 Å². The van der Waals surface area contributed by atoms with E-state index in [4.69, 9.17) is 0 Å². The molecule has 1 aromatic heterocycles. The van der Waals surface area contributed by atoms with E-state index < -0.39 is 0 Å². The Morgan fingerprint density at radius 1 is 1.36 bits per heavy atom. The van der Waals surface area contributed by atoms with E-state index >= 15 is 0 Å². The van der Waals surface area contributed by atoms with E-state index in [1.165, 1.54) is 12.1 Å². The Balaban J connectivity index is 1.51. The van der Waals surface area contributed by atoms with Gasteiger partial charge >= 0.3 is 0 Å². The van der Waals surface area contributed by atoms with Gasteiger partial charge in [0, 0.05) is 32.0 Å². The predicted octanol–water partition coefficient (Wildman–Crippen LogP) is 1.59. The number of rotatable bonds is 5. The highest BCUT2D eigenvalue weighted by molar-refractivity contribution is 5.84. The van der Waals surface area contributed by atoms with Crippen LogP contribution in [0.15, 0.2) is 36.7 Å². The average Bonchev–Trinajstić information content (AvgIpc) is 3.11. The van der Waals surface area contributed by atoms with Gasteiger partial charge in [-0.3, -0.25) is 4.79 Å². The molecule has 0 saturated heterocycles. The zero-order chi connectivity index (χ0) is 15.5. The van der Waals surface area contributed by atoms with Crippen molar-refractivity contribution >= 4 is 11.9 Å². The highest BCUT2D eigenvalue weighted by Gasteiger charge is 2.28. The third kappa shape index (κ3) is 2.95. The molecule has 0 fully saturated rings. The lowest BCUT2D eigenvalue weighted by atomic mass is 10.1. The summed E-state index contributed by atoms with van der Waals surface area (Å²) in [6.45, 7) is 4.09. The molecule has 6 heteroatoms. The molecule has 0 spiro atoms. The standard InChI is InChI=1S/C16H19FN4O/c1-12(21-11-10-20-9-8-19-16(20)21)15(22)18-7-6-13-2-4-14(17)5-3-13/h2-5,8-9,12H,6-7,10-11H2,1H3,(H,18,22). The summed E-state index contributed by atoms with van der Waals surface area (Å²) in [5.41, 5.74) is 1.01. The number of nitrogens with one attached hydrogen (secondary N) is 1. The molecule has 1 aromatic carbocycles. The predicted molar refractivity (Wildman–Crippen MR) is 82.1 cm³/mol. The molecule has 0 aliphatic carbocycles. The fourth-order valence-corrected chi connectivity index (χ4v) is 2.69. The van der Waals surface area contributed by atoms with Gasteiger partial charge in [-0.2, -0.15) is 0 Å². The summed E-state index contributed by atoms with van der Waals surface area (Å²) in [5, 5.41) is 2.93. The van der Waals surface area contributed by atoms with Gasteiger partial charge < -0.3 is 14.8 Å². The van der Waals surface area contributed by atoms with Crippen molar-refractivity contribution in [1.82, 2.24) is 14.9 Å². The molecule has 2 aromatic rings. The van der Waals surface area contributed by atoms with Crippen LogP contribution < -0.4 is 10.2 Å². The zero-order valence-corrected chi connectivity index (χ0v) is 12.5. The van der Waals surface area contributed by atoms with Gasteiger partial charge in [0.25, 0.3) is 0 Å². The van der Waals surface area contributed by atoms with E-state index in [-0.39, 0.29) is 17.8 Å². The van der Waals surface area contributed by atoms with E-state index in [0.717, 1.165) is 24.6 Å². The summed E-state index contributed by atoms with van der Waals surface area (Å²) >= 11 is 0. The topological polar surface area (TPSA) is 50.2 Å². The van der Waals surface area contributed by atoms with Crippen molar-refractivity contribution in [2.24, 2.45) is 0 Å². The van der Waals surface area contributed by atoms with Gasteiger partial charge in [-0.15, -0.1) is 0 Å². The molecular weight excluding hydrogens is 283 g/mol. The maximum Gasteiger partial charge on any atom is 0.242 e. The third-order valence-electron chi connectivity index (χ3n) is 4.01. The van der Waals surface area contributed by atoms with Gasteiger partial charge in [-0.25, -0.2) is 9.37 Å². The summed E-state index contributed by atoms with van der Waals surface area (Å²) in [6, 6.07) is 6.09. The number of hydrogen-bond donors (Lipinski definition) is 1. The van der Waals surface area contributed by atoms with Crippen LogP contribution in [0.2, 0.25) is 0 Å². The molecular formula is C16H19FN4O. The first-order chi connectivity index (χ1) is 10.6. The van der Waals surface area contributed by atoms with Crippen LogP contribution in [0.5, 0.6) is 0 Å². The van der Waals surface area contributed by atoms with Crippen LogP contribution in [-0.2, 0) is 17.8 Å². The first-order valence-electron chi connectivity index (χ1n) is 7.45. The fourth-order valence-electron chi connectivity index (χ4n) is 2.69. The number of carbonyl (C=O) groups excluding carboxylic acids is 1. The molecule has 1 atom stereocenters. The van der Waals surface area contributed by atoms with Gasteiger partial charge in [-0.05, 0) is 31.0 Å². The molecule has 0 saturated carbocycles. The quantitative estimate of drug-likeness (QED) is 0.912. The second-order valence-corrected chi connectivity index (χ2v) is 5.46. The van der Waals surface area contributed by atoms with Gasteiger partial charge in [0.05, 0.1) is 0 Å². The largest absolute Gasteiger partial charge is 0.354 e. The van der Waals surface area contributed by atoms with Crippen LogP contribution in [0.25, 0.3) is 0 Å². The number of imidazole rings is 1. The summed E-state index contributed by atoms with van der Waals surface area (Å²) in [4.78, 5) is 18.6. The lowest BCUT2D eigenvalue weighted by Gasteiger charge is -2.23. The maximum absolute atomic E-state index is 12.8. The highest BCUT2D eigenvalue weighted by Crippen LogP contribution is 2.20. The number of anilines is 1. The first kappa shape index (κ1) is 14.6. The van der Waals surface area contributed by atoms with Crippen molar-refractivity contribution < 1.29 is 9.18 Å². The van der Waals surface area contributed by atoms with Crippen molar-refractivity contribution in [3.8, 4) is 0 Å². The number of carbonyl (C=O) groups is 1. The van der Waals surface area contributed by atoms with Gasteiger partial charge in [0.1, 0.15) is 11.9 Å². The molecule has 0 bridgehead atoms. The summed E-state index contributed by atoms with van der Waals surface area (Å²) in [7, 11) is 0. The Morgan fingerprint density at radius 2 is 2.14 bits per heavy atom. The van der Waals surface area contributed by atoms with Crippen molar-refractivity contribution in [3.63, 3.8) is 0 Å². The maximum atomic E-state index is 12.8. The molecule has 116 valence electrons. The second-order valence-electron chi connectivity index (χ2n) is 5.46. The highest BCUT2D eigenvalue weighted by atomic mass is 19.1. The number of fused-ring (bicyclic) bond motifs is 1. The second kappa shape index (κ2) is 6.17. The molecule has 1 aliphatic heterocycles. The molecule has 0 radical (unpaired) electrons. The molecule has 5 nitrogen and oxygen atoms in total. The number of nitrogens with zero attached hydrogens (tertiary/aromatic N) is 3. The van der Waals surface area contributed by atoms with Crippen LogP contribution >= 0.6 is 0 Å². The van der Waals surface area contributed by atoms with Gasteiger partial charge in [0.2, 0.25) is 11.9 Å². The number of hydrogen-bond acceptors (Lipinski definition) is 3. The Morgan fingerprint density at radius 3 is 2.91 bits per heavy atom. The van der Waals surface area contributed by atoms with E-state index in [1.807, 2.05) is 22.6 Å². The van der Waals surface area contributed by atoms with E-state index in [9.17, 15) is 9.18 Å². The minimum absolute atomic E-state index is 0.0152. The summed E-state index contributed by atoms with van der Waals surface area (Å²) in [5.74, 6) is 0.589. The first-order valence-corrected chi connectivity index (χ1v) is 7.45. The molecule has 22 heavy (non-hydrogen) atoms. The lowest BCUT2D eigenvalue weighted by molar-refractivity contribution is -0.122. The lowest BCUT2D eigenvalue weighted by Crippen LogP contribution is -2.45. The summed E-state index contributed by atoms with van der Waals surface area (Å²) in [6.07, 6.45) is 4.36. The van der Waals surface area contributed by atoms with E-state index in [1.54, 1.807) is 18.3 Å². The Labute approximate surface area is 128 Å². The fraction of sp³-hybridized carbons (Fsp3) is 0.375. The van der Waals surface area contributed by atoms with E-state index in [2.05, 4.69) is 10.3 Å². The molecule has 3 rings (SSSR count). The number of halogens is 1. The van der Waals surface area contributed by atoms with Crippen LogP contribution in [0.3, 0.4) is 0 Å². The Hall–Kier alpha value is -2.37. The molecule has 1 aliphatic rings. The SMILES string of the molecule is CC(C(=O)NCCc1ccc(F)cc1)N1CCn2ccnc21. The van der Waals surface area contributed by atoms with Crippen molar-refractivity contribution in [2.75, 3.05) is 18.0 Å². The molecule has 1 amide bonds. The minimum atomic E-state index is -0.253. The van der Waals surface area contributed by atoms with Crippen LogP contribution in [0, 0.1) is 5.82 Å². The minimum Gasteiger partial charge on any atom is -0.354 e. The number of amides is 1. The number of aromatic nitrogens is 2. The zero-order valence-electron chi connectivity index (χ0n) is 12.5. The Kier molecular flexibility index (Phi) is 4.09. The molecule has 2 heterocycles. The van der Waals surface area contributed by atoms with Crippen LogP contribution in [0.1, 0.15) is 12.5 Å². The monoisotopic (exact) mass is 302 g/mol. The van der Waals surface area contributed by atoms with Crippen LogP contribution in [0.4, 0.5) is 10.3 Å². The van der Waals surface area contributed by atoms with Crippen molar-refractivity contribution in [2.45, 2.75) is 25.9 Å². The molecule has 1 unspecified atom stereocenters. The molecule has 1 N–H and O–H groups in total. The van der Waals surface area contributed by atoms with E-state index in [0.29, 0.717) is 13.0 Å². The normalized spacial score (nSPS) is 14.7. The van der Waals surface area contributed by atoms with Gasteiger partial charge in [0.15, 0.2) is 0 Å². The third-order valence-corrected chi connectivity index (χ3v) is 4.01. The number of benzene rings is 1. The van der Waals surface area contributed by atoms with Gasteiger partial charge in [-0.1, -0.05) is 12.1 Å². The smallest absolute Gasteiger partial charge is 0.242 e. The average molecular weight is 302 g/mol.